The average Bonchev–Trinajstić information content (AvgIpc) is 2.46. The van der Waals surface area contributed by atoms with Crippen molar-refractivity contribution in [1.29, 1.82) is 0 Å². The molecule has 2 rings (SSSR count). The zero-order chi connectivity index (χ0) is 16.4. The molecule has 0 unspecified atom stereocenters. The number of hydrogen-bond donors (Lipinski definition) is 0. The minimum Gasteiger partial charge on any atom is -0.340 e. The van der Waals surface area contributed by atoms with E-state index in [2.05, 4.69) is 4.98 Å². The zero-order valence-corrected chi connectivity index (χ0v) is 14.1. The van der Waals surface area contributed by atoms with Gasteiger partial charge in [0.25, 0.3) is 0 Å². The molecule has 0 N–H and O–H groups in total. The van der Waals surface area contributed by atoms with Crippen molar-refractivity contribution in [3.63, 3.8) is 0 Å². The largest absolute Gasteiger partial charge is 0.340 e. The predicted octanol–water partition coefficient (Wildman–Crippen LogP) is 1.35. The van der Waals surface area contributed by atoms with E-state index >= 15 is 0 Å². The third kappa shape index (κ3) is 4.04. The van der Waals surface area contributed by atoms with Gasteiger partial charge in [0.1, 0.15) is 4.90 Å². The first-order valence-electron chi connectivity index (χ1n) is 7.38. The number of carbonyl (C=O) groups is 1. The summed E-state index contributed by atoms with van der Waals surface area (Å²) in [5, 5.41) is 0. The Balaban J connectivity index is 1.99. The first-order valence-corrected chi connectivity index (χ1v) is 8.82. The second kappa shape index (κ2) is 6.34. The number of hydrogen-bond acceptors (Lipinski definition) is 4. The fourth-order valence-electron chi connectivity index (χ4n) is 2.39. The van der Waals surface area contributed by atoms with Crippen LogP contribution in [0.25, 0.3) is 0 Å². The molecule has 1 amide bonds. The Bertz CT molecular complexity index is 615. The van der Waals surface area contributed by atoms with Crippen molar-refractivity contribution in [1.82, 2.24) is 14.2 Å². The van der Waals surface area contributed by atoms with Crippen LogP contribution in [0.2, 0.25) is 0 Å². The van der Waals surface area contributed by atoms with Gasteiger partial charge in [-0.3, -0.25) is 9.78 Å². The van der Waals surface area contributed by atoms with E-state index in [1.165, 1.54) is 10.5 Å². The first-order chi connectivity index (χ1) is 10.2. The summed E-state index contributed by atoms with van der Waals surface area (Å²) in [5.74, 6) is 0.0888. The summed E-state index contributed by atoms with van der Waals surface area (Å²) in [5.41, 5.74) is -0.0595. The van der Waals surface area contributed by atoms with Gasteiger partial charge < -0.3 is 4.90 Å². The molecule has 0 bridgehead atoms. The maximum absolute atomic E-state index is 12.5. The minimum absolute atomic E-state index is 0.0595. The SMILES string of the molecule is CC(C)(C)CC(=O)N1CCN(S(=O)(=O)c2cccnc2)CC1. The third-order valence-corrected chi connectivity index (χ3v) is 5.43. The Hall–Kier alpha value is -1.47. The van der Waals surface area contributed by atoms with E-state index in [9.17, 15) is 13.2 Å². The van der Waals surface area contributed by atoms with Gasteiger partial charge in [-0.25, -0.2) is 8.42 Å². The minimum atomic E-state index is -3.51. The molecule has 122 valence electrons. The Morgan fingerprint density at radius 2 is 1.86 bits per heavy atom. The van der Waals surface area contributed by atoms with E-state index in [4.69, 9.17) is 0 Å². The standard InChI is InChI=1S/C15H23N3O3S/c1-15(2,3)11-14(19)17-7-9-18(10-8-17)22(20,21)13-5-4-6-16-12-13/h4-6,12H,7-11H2,1-3H3. The number of rotatable bonds is 3. The van der Waals surface area contributed by atoms with Crippen LogP contribution in [-0.2, 0) is 14.8 Å². The molecular weight excluding hydrogens is 302 g/mol. The van der Waals surface area contributed by atoms with Crippen LogP contribution in [0, 0.1) is 5.41 Å². The number of carbonyl (C=O) groups excluding carboxylic acids is 1. The van der Waals surface area contributed by atoms with Crippen LogP contribution in [0.1, 0.15) is 27.2 Å². The second-order valence-corrected chi connectivity index (χ2v) is 8.65. The van der Waals surface area contributed by atoms with E-state index in [1.54, 1.807) is 23.2 Å². The maximum atomic E-state index is 12.5. The molecule has 1 aromatic heterocycles. The number of piperazine rings is 1. The van der Waals surface area contributed by atoms with Crippen LogP contribution >= 0.6 is 0 Å². The van der Waals surface area contributed by atoms with Crippen molar-refractivity contribution in [2.75, 3.05) is 26.2 Å². The number of pyridine rings is 1. The average molecular weight is 325 g/mol. The van der Waals surface area contributed by atoms with Gasteiger partial charge >= 0.3 is 0 Å². The monoisotopic (exact) mass is 325 g/mol. The molecule has 0 saturated carbocycles. The molecule has 0 aromatic carbocycles. The third-order valence-electron chi connectivity index (χ3n) is 3.55. The second-order valence-electron chi connectivity index (χ2n) is 6.71. The molecular formula is C15H23N3O3S. The van der Waals surface area contributed by atoms with Crippen LogP contribution in [0.3, 0.4) is 0 Å². The highest BCUT2D eigenvalue weighted by atomic mass is 32.2. The summed E-state index contributed by atoms with van der Waals surface area (Å²) in [7, 11) is -3.51. The summed E-state index contributed by atoms with van der Waals surface area (Å²) < 4.78 is 26.4. The Morgan fingerprint density at radius 1 is 1.23 bits per heavy atom. The fourth-order valence-corrected chi connectivity index (χ4v) is 3.78. The van der Waals surface area contributed by atoms with Crippen molar-refractivity contribution >= 4 is 15.9 Å². The quantitative estimate of drug-likeness (QED) is 0.841. The zero-order valence-electron chi connectivity index (χ0n) is 13.3. The molecule has 2 heterocycles. The molecule has 22 heavy (non-hydrogen) atoms. The van der Waals surface area contributed by atoms with Crippen LogP contribution < -0.4 is 0 Å². The molecule has 0 aliphatic carbocycles. The van der Waals surface area contributed by atoms with E-state index < -0.39 is 10.0 Å². The van der Waals surface area contributed by atoms with Gasteiger partial charge in [0, 0.05) is 45.0 Å². The number of aromatic nitrogens is 1. The fraction of sp³-hybridized carbons (Fsp3) is 0.600. The lowest BCUT2D eigenvalue weighted by Crippen LogP contribution is -2.51. The van der Waals surface area contributed by atoms with E-state index in [-0.39, 0.29) is 16.2 Å². The van der Waals surface area contributed by atoms with E-state index in [0.29, 0.717) is 32.6 Å². The topological polar surface area (TPSA) is 70.6 Å². The van der Waals surface area contributed by atoms with Gasteiger partial charge in [-0.05, 0) is 17.5 Å². The highest BCUT2D eigenvalue weighted by molar-refractivity contribution is 7.89. The molecule has 0 radical (unpaired) electrons. The van der Waals surface area contributed by atoms with Crippen molar-refractivity contribution in [3.05, 3.63) is 24.5 Å². The summed E-state index contributed by atoms with van der Waals surface area (Å²) in [4.78, 5) is 18.0. The Morgan fingerprint density at radius 3 is 2.36 bits per heavy atom. The van der Waals surface area contributed by atoms with E-state index in [1.807, 2.05) is 20.8 Å². The summed E-state index contributed by atoms with van der Waals surface area (Å²) in [6.07, 6.45) is 3.37. The van der Waals surface area contributed by atoms with Gasteiger partial charge in [-0.15, -0.1) is 0 Å². The van der Waals surface area contributed by atoms with E-state index in [0.717, 1.165) is 0 Å². The van der Waals surface area contributed by atoms with Crippen LogP contribution in [0.5, 0.6) is 0 Å². The van der Waals surface area contributed by atoms with Crippen LogP contribution in [-0.4, -0.2) is 54.7 Å². The predicted molar refractivity (Wildman–Crippen MR) is 83.6 cm³/mol. The van der Waals surface area contributed by atoms with Crippen LogP contribution in [0.15, 0.2) is 29.4 Å². The smallest absolute Gasteiger partial charge is 0.244 e. The molecule has 0 spiro atoms. The van der Waals surface area contributed by atoms with Gasteiger partial charge in [-0.1, -0.05) is 20.8 Å². The summed E-state index contributed by atoms with van der Waals surface area (Å²) >= 11 is 0. The molecule has 1 aliphatic heterocycles. The number of nitrogens with zero attached hydrogens (tertiary/aromatic N) is 3. The van der Waals surface area contributed by atoms with Gasteiger partial charge in [0.15, 0.2) is 0 Å². The molecule has 1 saturated heterocycles. The normalized spacial score (nSPS) is 17.5. The van der Waals surface area contributed by atoms with Gasteiger partial charge in [0.05, 0.1) is 0 Å². The molecule has 1 aromatic rings. The first kappa shape index (κ1) is 16.9. The lowest BCUT2D eigenvalue weighted by Gasteiger charge is -2.35. The molecule has 1 aliphatic rings. The molecule has 1 fully saturated rings. The highest BCUT2D eigenvalue weighted by Crippen LogP contribution is 2.21. The Kier molecular flexibility index (Phi) is 4.87. The van der Waals surface area contributed by atoms with Crippen molar-refractivity contribution in [2.45, 2.75) is 32.1 Å². The summed E-state index contributed by atoms with van der Waals surface area (Å²) in [6.45, 7) is 7.60. The molecule has 7 heteroatoms. The van der Waals surface area contributed by atoms with Gasteiger partial charge in [0.2, 0.25) is 15.9 Å². The van der Waals surface area contributed by atoms with Crippen molar-refractivity contribution in [2.24, 2.45) is 5.41 Å². The molecule has 6 nitrogen and oxygen atoms in total. The Labute approximate surface area is 132 Å². The molecule has 0 atom stereocenters. The summed E-state index contributed by atoms with van der Waals surface area (Å²) in [6, 6.07) is 3.15. The number of sulfonamides is 1. The highest BCUT2D eigenvalue weighted by Gasteiger charge is 2.31. The van der Waals surface area contributed by atoms with Gasteiger partial charge in [-0.2, -0.15) is 4.31 Å². The maximum Gasteiger partial charge on any atom is 0.244 e. The lowest BCUT2D eigenvalue weighted by molar-refractivity contribution is -0.134. The van der Waals surface area contributed by atoms with Crippen molar-refractivity contribution < 1.29 is 13.2 Å². The number of amides is 1. The van der Waals surface area contributed by atoms with Crippen molar-refractivity contribution in [3.8, 4) is 0 Å². The lowest BCUT2D eigenvalue weighted by atomic mass is 9.91. The van der Waals surface area contributed by atoms with Crippen LogP contribution in [0.4, 0.5) is 0 Å².